The van der Waals surface area contributed by atoms with Crippen LogP contribution in [0.25, 0.3) is 22.3 Å². The van der Waals surface area contributed by atoms with Gasteiger partial charge in [-0.3, -0.25) is 4.98 Å². The van der Waals surface area contributed by atoms with E-state index in [0.717, 1.165) is 22.9 Å². The number of hydrogen-bond acceptors (Lipinski definition) is 4. The quantitative estimate of drug-likeness (QED) is 0.666. The van der Waals surface area contributed by atoms with Gasteiger partial charge in [0.2, 0.25) is 5.82 Å². The van der Waals surface area contributed by atoms with Crippen LogP contribution in [0.5, 0.6) is 0 Å². The molecule has 98 valence electrons. The number of hydrogen-bond donors (Lipinski definition) is 0. The normalized spacial score (nSPS) is 10.2. The SMILES string of the molecule is CCC#CCn1nnc(-c2cc3ccccc3cn2)n1. The first-order chi connectivity index (χ1) is 9.86. The van der Waals surface area contributed by atoms with Crippen molar-refractivity contribution in [1.29, 1.82) is 0 Å². The lowest BCUT2D eigenvalue weighted by molar-refractivity contribution is 0.592. The molecular formula is C15H13N5. The highest BCUT2D eigenvalue weighted by Crippen LogP contribution is 2.18. The summed E-state index contributed by atoms with van der Waals surface area (Å²) in [6.45, 7) is 2.46. The molecule has 0 saturated heterocycles. The summed E-state index contributed by atoms with van der Waals surface area (Å²) >= 11 is 0. The van der Waals surface area contributed by atoms with Gasteiger partial charge >= 0.3 is 0 Å². The third-order valence-corrected chi connectivity index (χ3v) is 2.84. The Morgan fingerprint density at radius 3 is 2.85 bits per heavy atom. The van der Waals surface area contributed by atoms with E-state index in [1.165, 1.54) is 4.80 Å². The minimum Gasteiger partial charge on any atom is -0.252 e. The average molecular weight is 263 g/mol. The summed E-state index contributed by atoms with van der Waals surface area (Å²) in [4.78, 5) is 5.85. The van der Waals surface area contributed by atoms with E-state index in [-0.39, 0.29) is 0 Å². The first kappa shape index (κ1) is 12.3. The Hall–Kier alpha value is -2.74. The van der Waals surface area contributed by atoms with Crippen LogP contribution in [-0.2, 0) is 6.54 Å². The van der Waals surface area contributed by atoms with Crippen LogP contribution in [0, 0.1) is 11.8 Å². The fourth-order valence-corrected chi connectivity index (χ4v) is 1.87. The minimum absolute atomic E-state index is 0.453. The van der Waals surface area contributed by atoms with Gasteiger partial charge in [0.05, 0.1) is 0 Å². The van der Waals surface area contributed by atoms with Gasteiger partial charge in [-0.2, -0.15) is 4.80 Å². The molecule has 0 aliphatic rings. The number of aromatic nitrogens is 5. The number of fused-ring (bicyclic) bond motifs is 1. The fraction of sp³-hybridized carbons (Fsp3) is 0.200. The molecule has 0 atom stereocenters. The molecule has 0 aliphatic heterocycles. The molecule has 0 unspecified atom stereocenters. The van der Waals surface area contributed by atoms with Crippen LogP contribution in [0.1, 0.15) is 13.3 Å². The van der Waals surface area contributed by atoms with Gasteiger partial charge in [0.15, 0.2) is 0 Å². The van der Waals surface area contributed by atoms with Gasteiger partial charge in [-0.05, 0) is 16.7 Å². The summed E-state index contributed by atoms with van der Waals surface area (Å²) in [5, 5.41) is 14.5. The molecule has 0 N–H and O–H groups in total. The number of nitrogens with zero attached hydrogens (tertiary/aromatic N) is 5. The molecule has 3 aromatic rings. The predicted molar refractivity (Wildman–Crippen MR) is 76.6 cm³/mol. The monoisotopic (exact) mass is 263 g/mol. The van der Waals surface area contributed by atoms with Crippen molar-refractivity contribution in [1.82, 2.24) is 25.2 Å². The Morgan fingerprint density at radius 1 is 1.15 bits per heavy atom. The number of pyridine rings is 1. The van der Waals surface area contributed by atoms with Crippen molar-refractivity contribution >= 4 is 10.8 Å². The Bertz CT molecular complexity index is 794. The Balaban J connectivity index is 1.90. The smallest absolute Gasteiger partial charge is 0.223 e. The second kappa shape index (κ2) is 5.49. The highest BCUT2D eigenvalue weighted by atomic mass is 15.6. The Labute approximate surface area is 116 Å². The molecule has 0 radical (unpaired) electrons. The van der Waals surface area contributed by atoms with Gasteiger partial charge in [-0.15, -0.1) is 16.1 Å². The lowest BCUT2D eigenvalue weighted by Crippen LogP contribution is -2.00. The van der Waals surface area contributed by atoms with Gasteiger partial charge in [0.1, 0.15) is 12.2 Å². The molecule has 5 nitrogen and oxygen atoms in total. The number of tetrazole rings is 1. The van der Waals surface area contributed by atoms with Crippen molar-refractivity contribution in [2.75, 3.05) is 0 Å². The van der Waals surface area contributed by atoms with Crippen LogP contribution in [-0.4, -0.2) is 25.2 Å². The molecule has 1 aromatic carbocycles. The van der Waals surface area contributed by atoms with Gasteiger partial charge in [-0.25, -0.2) is 0 Å². The van der Waals surface area contributed by atoms with Crippen molar-refractivity contribution in [3.8, 4) is 23.4 Å². The third kappa shape index (κ3) is 2.50. The lowest BCUT2D eigenvalue weighted by atomic mass is 10.1. The van der Waals surface area contributed by atoms with Crippen molar-refractivity contribution < 1.29 is 0 Å². The zero-order valence-electron chi connectivity index (χ0n) is 11.1. The molecule has 0 bridgehead atoms. The van der Waals surface area contributed by atoms with Crippen LogP contribution < -0.4 is 0 Å². The molecule has 0 saturated carbocycles. The number of benzene rings is 1. The van der Waals surface area contributed by atoms with Crippen molar-refractivity contribution in [2.24, 2.45) is 0 Å². The van der Waals surface area contributed by atoms with Crippen molar-refractivity contribution in [3.05, 3.63) is 36.5 Å². The summed E-state index contributed by atoms with van der Waals surface area (Å²) in [6.07, 6.45) is 2.65. The zero-order chi connectivity index (χ0) is 13.8. The van der Waals surface area contributed by atoms with Gasteiger partial charge in [0, 0.05) is 18.0 Å². The van der Waals surface area contributed by atoms with Gasteiger partial charge in [0.25, 0.3) is 0 Å². The third-order valence-electron chi connectivity index (χ3n) is 2.84. The van der Waals surface area contributed by atoms with E-state index in [2.05, 4.69) is 32.2 Å². The number of rotatable bonds is 2. The highest BCUT2D eigenvalue weighted by molar-refractivity contribution is 5.84. The second-order valence-corrected chi connectivity index (χ2v) is 4.27. The molecule has 0 spiro atoms. The van der Waals surface area contributed by atoms with E-state index in [1.54, 1.807) is 0 Å². The van der Waals surface area contributed by atoms with E-state index in [0.29, 0.717) is 12.4 Å². The Morgan fingerprint density at radius 2 is 2.00 bits per heavy atom. The topological polar surface area (TPSA) is 56.5 Å². The second-order valence-electron chi connectivity index (χ2n) is 4.27. The average Bonchev–Trinajstić information content (AvgIpc) is 2.96. The maximum absolute atomic E-state index is 4.37. The highest BCUT2D eigenvalue weighted by Gasteiger charge is 2.07. The molecule has 0 fully saturated rings. The lowest BCUT2D eigenvalue weighted by Gasteiger charge is -1.98. The maximum Gasteiger partial charge on any atom is 0.223 e. The predicted octanol–water partition coefficient (Wildman–Crippen LogP) is 2.30. The molecule has 5 heteroatoms. The van der Waals surface area contributed by atoms with E-state index >= 15 is 0 Å². The van der Waals surface area contributed by atoms with Crippen molar-refractivity contribution in [3.63, 3.8) is 0 Å². The molecule has 3 rings (SSSR count). The summed E-state index contributed by atoms with van der Waals surface area (Å²) in [7, 11) is 0. The van der Waals surface area contributed by atoms with E-state index in [9.17, 15) is 0 Å². The molecular weight excluding hydrogens is 250 g/mol. The minimum atomic E-state index is 0.453. The summed E-state index contributed by atoms with van der Waals surface area (Å²) in [5.41, 5.74) is 0.721. The standard InChI is InChI=1S/C15H13N5/c1-2-3-6-9-20-18-15(17-19-20)14-10-12-7-4-5-8-13(12)11-16-14/h4-5,7-8,10-11H,2,9H2,1H3. The van der Waals surface area contributed by atoms with E-state index in [1.807, 2.05) is 43.5 Å². The van der Waals surface area contributed by atoms with E-state index in [4.69, 9.17) is 0 Å². The molecule has 2 heterocycles. The van der Waals surface area contributed by atoms with Crippen LogP contribution in [0.15, 0.2) is 36.5 Å². The van der Waals surface area contributed by atoms with Crippen molar-refractivity contribution in [2.45, 2.75) is 19.9 Å². The van der Waals surface area contributed by atoms with Crippen LogP contribution in [0.3, 0.4) is 0 Å². The molecule has 0 amide bonds. The van der Waals surface area contributed by atoms with E-state index < -0.39 is 0 Å². The fourth-order valence-electron chi connectivity index (χ4n) is 1.87. The van der Waals surface area contributed by atoms with Crippen LogP contribution >= 0.6 is 0 Å². The van der Waals surface area contributed by atoms with Gasteiger partial charge < -0.3 is 0 Å². The zero-order valence-corrected chi connectivity index (χ0v) is 11.1. The first-order valence-electron chi connectivity index (χ1n) is 6.45. The summed E-state index contributed by atoms with van der Waals surface area (Å²) < 4.78 is 0. The maximum atomic E-state index is 4.37. The molecule has 0 aliphatic carbocycles. The molecule has 20 heavy (non-hydrogen) atoms. The summed E-state index contributed by atoms with van der Waals surface area (Å²) in [5.74, 6) is 6.47. The van der Waals surface area contributed by atoms with Crippen LogP contribution in [0.4, 0.5) is 0 Å². The first-order valence-corrected chi connectivity index (χ1v) is 6.45. The largest absolute Gasteiger partial charge is 0.252 e. The van der Waals surface area contributed by atoms with Crippen LogP contribution in [0.2, 0.25) is 0 Å². The Kier molecular flexibility index (Phi) is 3.38. The van der Waals surface area contributed by atoms with Gasteiger partial charge in [-0.1, -0.05) is 37.1 Å². The molecule has 2 aromatic heterocycles. The summed E-state index contributed by atoms with van der Waals surface area (Å²) in [6, 6.07) is 10.0.